The average Bonchev–Trinajstić information content (AvgIpc) is 2.21. The van der Waals surface area contributed by atoms with Crippen LogP contribution in [-0.4, -0.2) is 23.7 Å². The van der Waals surface area contributed by atoms with Crippen molar-refractivity contribution in [2.45, 2.75) is 45.1 Å². The van der Waals surface area contributed by atoms with Crippen molar-refractivity contribution in [2.75, 3.05) is 6.54 Å². The lowest BCUT2D eigenvalue weighted by molar-refractivity contribution is -0.138. The third kappa shape index (κ3) is 7.62. The fourth-order valence-electron chi connectivity index (χ4n) is 0.990. The summed E-state index contributed by atoms with van der Waals surface area (Å²) in [4.78, 5) is 10.7. The summed E-state index contributed by atoms with van der Waals surface area (Å²) in [5, 5.41) is 24.7. The second-order valence-electron chi connectivity index (χ2n) is 3.24. The molecule has 0 fully saturated rings. The normalized spacial score (nSPS) is 12.5. The van der Waals surface area contributed by atoms with Crippen LogP contribution in [0.5, 0.6) is 0 Å². The van der Waals surface area contributed by atoms with Crippen LogP contribution in [0.25, 0.3) is 0 Å². The van der Waals surface area contributed by atoms with E-state index in [1.54, 1.807) is 0 Å². The first-order valence-corrected chi connectivity index (χ1v) is 5.18. The Kier molecular flexibility index (Phi) is 8.25. The molecule has 0 amide bonds. The van der Waals surface area contributed by atoms with E-state index in [1.807, 2.05) is 13.0 Å². The molecule has 5 heteroatoms. The quantitative estimate of drug-likeness (QED) is 0.494. The fourth-order valence-corrected chi connectivity index (χ4v) is 0.990. The van der Waals surface area contributed by atoms with Gasteiger partial charge in [-0.15, -0.1) is 0 Å². The SMILES string of the molecule is CCCCN=NC(CCCC#N)C(=O)O. The van der Waals surface area contributed by atoms with Crippen LogP contribution in [-0.2, 0) is 4.79 Å². The number of azo groups is 1. The lowest BCUT2D eigenvalue weighted by Crippen LogP contribution is -2.17. The Morgan fingerprint density at radius 2 is 2.27 bits per heavy atom. The summed E-state index contributed by atoms with van der Waals surface area (Å²) in [7, 11) is 0. The van der Waals surface area contributed by atoms with Crippen LogP contribution < -0.4 is 0 Å². The molecular weight excluding hydrogens is 194 g/mol. The van der Waals surface area contributed by atoms with Gasteiger partial charge < -0.3 is 5.11 Å². The molecule has 0 aliphatic carbocycles. The van der Waals surface area contributed by atoms with Crippen LogP contribution >= 0.6 is 0 Å². The van der Waals surface area contributed by atoms with Crippen molar-refractivity contribution < 1.29 is 9.90 Å². The van der Waals surface area contributed by atoms with Gasteiger partial charge in [0.2, 0.25) is 0 Å². The topological polar surface area (TPSA) is 85.8 Å². The minimum Gasteiger partial charge on any atom is -0.480 e. The van der Waals surface area contributed by atoms with Crippen molar-refractivity contribution in [1.29, 1.82) is 5.26 Å². The van der Waals surface area contributed by atoms with E-state index in [0.717, 1.165) is 12.8 Å². The molecule has 0 radical (unpaired) electrons. The Hall–Kier alpha value is -1.44. The van der Waals surface area contributed by atoms with Crippen molar-refractivity contribution in [2.24, 2.45) is 10.2 Å². The molecule has 0 rings (SSSR count). The molecule has 0 bridgehead atoms. The Bertz CT molecular complexity index is 246. The number of aliphatic carboxylic acids is 1. The van der Waals surface area contributed by atoms with Crippen molar-refractivity contribution in [3.8, 4) is 6.07 Å². The van der Waals surface area contributed by atoms with Gasteiger partial charge in [-0.25, -0.2) is 4.79 Å². The molecule has 0 saturated carbocycles. The van der Waals surface area contributed by atoms with Gasteiger partial charge >= 0.3 is 5.97 Å². The highest BCUT2D eigenvalue weighted by molar-refractivity contribution is 5.73. The third-order valence-corrected chi connectivity index (χ3v) is 1.88. The smallest absolute Gasteiger partial charge is 0.330 e. The molecule has 1 N–H and O–H groups in total. The van der Waals surface area contributed by atoms with Gasteiger partial charge in [-0.05, 0) is 19.3 Å². The highest BCUT2D eigenvalue weighted by Gasteiger charge is 2.15. The summed E-state index contributed by atoms with van der Waals surface area (Å²) in [6.07, 6.45) is 3.26. The summed E-state index contributed by atoms with van der Waals surface area (Å²) >= 11 is 0. The Balaban J connectivity index is 3.88. The molecule has 0 aliphatic rings. The Labute approximate surface area is 89.8 Å². The van der Waals surface area contributed by atoms with E-state index in [1.165, 1.54) is 0 Å². The van der Waals surface area contributed by atoms with Crippen molar-refractivity contribution >= 4 is 5.97 Å². The predicted octanol–water partition coefficient (Wildman–Crippen LogP) is 2.39. The summed E-state index contributed by atoms with van der Waals surface area (Å²) < 4.78 is 0. The first-order chi connectivity index (χ1) is 7.22. The van der Waals surface area contributed by atoms with Crippen molar-refractivity contribution in [3.05, 3.63) is 0 Å². The number of unbranched alkanes of at least 4 members (excludes halogenated alkanes) is 2. The highest BCUT2D eigenvalue weighted by Crippen LogP contribution is 2.05. The van der Waals surface area contributed by atoms with Crippen LogP contribution in [0.1, 0.15) is 39.0 Å². The maximum Gasteiger partial charge on any atom is 0.330 e. The summed E-state index contributed by atoms with van der Waals surface area (Å²) in [5.74, 6) is -0.965. The van der Waals surface area contributed by atoms with Gasteiger partial charge in [0.15, 0.2) is 6.04 Å². The zero-order chi connectivity index (χ0) is 11.5. The minimum absolute atomic E-state index is 0.369. The average molecular weight is 211 g/mol. The maximum atomic E-state index is 10.7. The molecule has 1 unspecified atom stereocenters. The lowest BCUT2D eigenvalue weighted by atomic mass is 10.1. The molecule has 5 nitrogen and oxygen atoms in total. The largest absolute Gasteiger partial charge is 0.480 e. The van der Waals surface area contributed by atoms with Gasteiger partial charge in [-0.1, -0.05) is 13.3 Å². The van der Waals surface area contributed by atoms with E-state index < -0.39 is 12.0 Å². The van der Waals surface area contributed by atoms with Gasteiger partial charge in [0.1, 0.15) is 0 Å². The molecule has 1 atom stereocenters. The number of carboxylic acid groups (broad SMARTS) is 1. The monoisotopic (exact) mass is 211 g/mol. The first-order valence-electron chi connectivity index (χ1n) is 5.18. The van der Waals surface area contributed by atoms with Gasteiger partial charge in [0, 0.05) is 6.42 Å². The van der Waals surface area contributed by atoms with E-state index in [-0.39, 0.29) is 0 Å². The second kappa shape index (κ2) is 9.13. The molecule has 0 aliphatic heterocycles. The number of carboxylic acids is 1. The number of nitriles is 1. The standard InChI is InChI=1S/C10H17N3O2/c1-2-3-8-12-13-9(10(14)15)6-4-5-7-11/h9H,2-6,8H2,1H3,(H,14,15). The predicted molar refractivity (Wildman–Crippen MR) is 55.5 cm³/mol. The lowest BCUT2D eigenvalue weighted by Gasteiger charge is -2.03. The molecule has 0 spiro atoms. The molecule has 0 aromatic rings. The molecule has 15 heavy (non-hydrogen) atoms. The Morgan fingerprint density at radius 3 is 2.80 bits per heavy atom. The van der Waals surface area contributed by atoms with Crippen molar-refractivity contribution in [1.82, 2.24) is 0 Å². The summed E-state index contributed by atoms with van der Waals surface area (Å²) in [5.41, 5.74) is 0. The number of carbonyl (C=O) groups is 1. The summed E-state index contributed by atoms with van der Waals surface area (Å²) in [6.45, 7) is 2.62. The first kappa shape index (κ1) is 13.6. The van der Waals surface area contributed by atoms with Gasteiger partial charge in [-0.3, -0.25) is 0 Å². The van der Waals surface area contributed by atoms with Gasteiger partial charge in [0.05, 0.1) is 12.6 Å². The third-order valence-electron chi connectivity index (χ3n) is 1.88. The molecule has 0 aromatic carbocycles. The minimum atomic E-state index is -0.965. The van der Waals surface area contributed by atoms with Crippen LogP contribution in [0.15, 0.2) is 10.2 Å². The van der Waals surface area contributed by atoms with E-state index >= 15 is 0 Å². The zero-order valence-electron chi connectivity index (χ0n) is 9.02. The van der Waals surface area contributed by atoms with E-state index in [9.17, 15) is 4.79 Å². The number of hydrogen-bond donors (Lipinski definition) is 1. The van der Waals surface area contributed by atoms with Crippen LogP contribution in [0, 0.1) is 11.3 Å². The van der Waals surface area contributed by atoms with Crippen LogP contribution in [0.4, 0.5) is 0 Å². The molecule has 0 heterocycles. The van der Waals surface area contributed by atoms with Gasteiger partial charge in [-0.2, -0.15) is 15.5 Å². The number of rotatable bonds is 8. The fraction of sp³-hybridized carbons (Fsp3) is 0.800. The molecule has 0 aromatic heterocycles. The zero-order valence-corrected chi connectivity index (χ0v) is 9.02. The number of nitrogens with zero attached hydrogens (tertiary/aromatic N) is 3. The maximum absolute atomic E-state index is 10.7. The molecule has 84 valence electrons. The Morgan fingerprint density at radius 1 is 1.53 bits per heavy atom. The summed E-state index contributed by atoms with van der Waals surface area (Å²) in [6, 6.07) is 1.19. The number of hydrogen-bond acceptors (Lipinski definition) is 4. The second-order valence-corrected chi connectivity index (χ2v) is 3.24. The van der Waals surface area contributed by atoms with Crippen LogP contribution in [0.3, 0.4) is 0 Å². The molecular formula is C10H17N3O2. The van der Waals surface area contributed by atoms with Gasteiger partial charge in [0.25, 0.3) is 0 Å². The highest BCUT2D eigenvalue weighted by atomic mass is 16.4. The molecule has 0 saturated heterocycles. The van der Waals surface area contributed by atoms with E-state index in [0.29, 0.717) is 25.8 Å². The van der Waals surface area contributed by atoms with E-state index in [2.05, 4.69) is 10.2 Å². The van der Waals surface area contributed by atoms with Crippen molar-refractivity contribution in [3.63, 3.8) is 0 Å². The van der Waals surface area contributed by atoms with Crippen LogP contribution in [0.2, 0.25) is 0 Å². The van der Waals surface area contributed by atoms with E-state index in [4.69, 9.17) is 10.4 Å².